The Morgan fingerprint density at radius 2 is 1.90 bits per heavy atom. The molecule has 0 amide bonds. The third-order valence-corrected chi connectivity index (χ3v) is 3.20. The summed E-state index contributed by atoms with van der Waals surface area (Å²) in [7, 11) is 0. The third kappa shape index (κ3) is 3.18. The van der Waals surface area contributed by atoms with Crippen molar-refractivity contribution < 1.29 is 13.5 Å². The van der Waals surface area contributed by atoms with Gasteiger partial charge >= 0.3 is 0 Å². The molecule has 21 heavy (non-hydrogen) atoms. The van der Waals surface area contributed by atoms with Gasteiger partial charge in [0.2, 0.25) is 5.82 Å². The van der Waals surface area contributed by atoms with E-state index in [4.69, 9.17) is 15.9 Å². The summed E-state index contributed by atoms with van der Waals surface area (Å²) in [6.07, 6.45) is 0. The van der Waals surface area contributed by atoms with E-state index in [1.165, 1.54) is 12.1 Å². The zero-order chi connectivity index (χ0) is 15.7. The van der Waals surface area contributed by atoms with Crippen LogP contribution >= 0.6 is 15.9 Å². The number of nitrogens with two attached hydrogens (primary N) is 1. The SMILES string of the molecule is Cc1cc(Oc2cc(Br)cc(F)c2F)c(C(=N)N)c(C)n1. The van der Waals surface area contributed by atoms with Gasteiger partial charge in [-0.15, -0.1) is 0 Å². The van der Waals surface area contributed by atoms with E-state index in [-0.39, 0.29) is 22.9 Å². The standard InChI is InChI=1S/C14H12BrF2N3O/c1-6-3-10(12(14(18)19)7(2)20-6)21-11-5-8(15)4-9(16)13(11)17/h3-5H,1-2H3,(H3,18,19). The third-order valence-electron chi connectivity index (χ3n) is 2.74. The molecule has 2 aromatic rings. The van der Waals surface area contributed by atoms with Crippen molar-refractivity contribution in [1.82, 2.24) is 4.98 Å². The molecule has 1 aromatic carbocycles. The molecule has 0 radical (unpaired) electrons. The highest BCUT2D eigenvalue weighted by Crippen LogP contribution is 2.32. The van der Waals surface area contributed by atoms with Gasteiger partial charge < -0.3 is 10.5 Å². The number of aromatic nitrogens is 1. The quantitative estimate of drug-likeness (QED) is 0.499. The van der Waals surface area contributed by atoms with Crippen molar-refractivity contribution in [3.05, 3.63) is 51.3 Å². The number of nitrogens with one attached hydrogen (secondary N) is 1. The van der Waals surface area contributed by atoms with Gasteiger partial charge in [-0.1, -0.05) is 15.9 Å². The zero-order valence-electron chi connectivity index (χ0n) is 11.3. The van der Waals surface area contributed by atoms with Crippen molar-refractivity contribution in [2.24, 2.45) is 5.73 Å². The minimum atomic E-state index is -1.11. The molecule has 1 aromatic heterocycles. The second-order valence-electron chi connectivity index (χ2n) is 4.44. The second-order valence-corrected chi connectivity index (χ2v) is 5.35. The van der Waals surface area contributed by atoms with Crippen LogP contribution in [0.1, 0.15) is 17.0 Å². The lowest BCUT2D eigenvalue weighted by molar-refractivity contribution is 0.414. The van der Waals surface area contributed by atoms with E-state index in [0.29, 0.717) is 15.9 Å². The lowest BCUT2D eigenvalue weighted by Gasteiger charge is -2.14. The Labute approximate surface area is 128 Å². The molecule has 0 saturated carbocycles. The molecule has 0 atom stereocenters. The molecule has 0 aliphatic carbocycles. The second kappa shape index (κ2) is 5.77. The number of benzene rings is 1. The van der Waals surface area contributed by atoms with Crippen LogP contribution in [0.3, 0.4) is 0 Å². The molecule has 0 saturated heterocycles. The smallest absolute Gasteiger partial charge is 0.201 e. The topological polar surface area (TPSA) is 72.0 Å². The van der Waals surface area contributed by atoms with Crippen LogP contribution in [-0.2, 0) is 0 Å². The van der Waals surface area contributed by atoms with Crippen molar-refractivity contribution in [2.45, 2.75) is 13.8 Å². The first-order chi connectivity index (χ1) is 9.79. The van der Waals surface area contributed by atoms with Gasteiger partial charge in [0.1, 0.15) is 11.6 Å². The molecule has 0 spiro atoms. The largest absolute Gasteiger partial charge is 0.453 e. The summed E-state index contributed by atoms with van der Waals surface area (Å²) in [4.78, 5) is 4.18. The first kappa shape index (κ1) is 15.4. The van der Waals surface area contributed by atoms with Crippen molar-refractivity contribution in [3.8, 4) is 11.5 Å². The van der Waals surface area contributed by atoms with Crippen LogP contribution in [-0.4, -0.2) is 10.8 Å². The highest BCUT2D eigenvalue weighted by Gasteiger charge is 2.17. The monoisotopic (exact) mass is 355 g/mol. The van der Waals surface area contributed by atoms with Crippen molar-refractivity contribution in [2.75, 3.05) is 0 Å². The average molecular weight is 356 g/mol. The highest BCUT2D eigenvalue weighted by molar-refractivity contribution is 9.10. The minimum Gasteiger partial charge on any atom is -0.453 e. The van der Waals surface area contributed by atoms with E-state index < -0.39 is 11.6 Å². The summed E-state index contributed by atoms with van der Waals surface area (Å²) in [5.41, 5.74) is 6.85. The van der Waals surface area contributed by atoms with Gasteiger partial charge in [0.15, 0.2) is 11.6 Å². The average Bonchev–Trinajstić information content (AvgIpc) is 2.33. The molecule has 0 unspecified atom stereocenters. The Morgan fingerprint density at radius 3 is 2.52 bits per heavy atom. The summed E-state index contributed by atoms with van der Waals surface area (Å²) in [6, 6.07) is 3.81. The molecular formula is C14H12BrF2N3O. The van der Waals surface area contributed by atoms with E-state index in [1.807, 2.05) is 0 Å². The minimum absolute atomic E-state index is 0.156. The number of hydrogen-bond donors (Lipinski definition) is 2. The molecule has 4 nitrogen and oxygen atoms in total. The molecule has 110 valence electrons. The van der Waals surface area contributed by atoms with E-state index in [1.54, 1.807) is 13.8 Å². The predicted octanol–water partition coefficient (Wildman–Crippen LogP) is 3.82. The van der Waals surface area contributed by atoms with Crippen molar-refractivity contribution >= 4 is 21.8 Å². The maximum atomic E-state index is 13.8. The number of ether oxygens (including phenoxy) is 1. The van der Waals surface area contributed by atoms with E-state index in [9.17, 15) is 8.78 Å². The van der Waals surface area contributed by atoms with Crippen LogP contribution < -0.4 is 10.5 Å². The van der Waals surface area contributed by atoms with Gasteiger partial charge in [-0.2, -0.15) is 4.39 Å². The predicted molar refractivity (Wildman–Crippen MR) is 78.9 cm³/mol. The Hall–Kier alpha value is -2.02. The lowest BCUT2D eigenvalue weighted by atomic mass is 10.1. The number of pyridine rings is 1. The van der Waals surface area contributed by atoms with Gasteiger partial charge in [-0.3, -0.25) is 10.4 Å². The maximum absolute atomic E-state index is 13.8. The number of halogens is 3. The van der Waals surface area contributed by atoms with E-state index >= 15 is 0 Å². The van der Waals surface area contributed by atoms with Crippen LogP contribution in [0, 0.1) is 30.9 Å². The molecule has 3 N–H and O–H groups in total. The van der Waals surface area contributed by atoms with Crippen LogP contribution in [0.25, 0.3) is 0 Å². The van der Waals surface area contributed by atoms with E-state index in [0.717, 1.165) is 6.07 Å². The molecule has 2 rings (SSSR count). The molecule has 0 bridgehead atoms. The maximum Gasteiger partial charge on any atom is 0.201 e. The molecular weight excluding hydrogens is 344 g/mol. The normalized spacial score (nSPS) is 10.5. The van der Waals surface area contributed by atoms with Crippen LogP contribution in [0.4, 0.5) is 8.78 Å². The summed E-state index contributed by atoms with van der Waals surface area (Å²) in [6.45, 7) is 3.38. The Morgan fingerprint density at radius 1 is 1.24 bits per heavy atom. The van der Waals surface area contributed by atoms with Gasteiger partial charge in [0.25, 0.3) is 0 Å². The molecule has 7 heteroatoms. The number of nitrogen functional groups attached to an aromatic ring is 1. The van der Waals surface area contributed by atoms with Gasteiger partial charge in [0.05, 0.1) is 11.3 Å². The lowest BCUT2D eigenvalue weighted by Crippen LogP contribution is -2.15. The molecule has 0 fully saturated rings. The van der Waals surface area contributed by atoms with Crippen molar-refractivity contribution in [1.29, 1.82) is 5.41 Å². The van der Waals surface area contributed by atoms with Crippen LogP contribution in [0.5, 0.6) is 11.5 Å². The number of rotatable bonds is 3. The number of hydrogen-bond acceptors (Lipinski definition) is 3. The van der Waals surface area contributed by atoms with Gasteiger partial charge in [-0.05, 0) is 26.0 Å². The fourth-order valence-electron chi connectivity index (χ4n) is 1.93. The molecule has 0 aliphatic rings. The first-order valence-electron chi connectivity index (χ1n) is 5.94. The van der Waals surface area contributed by atoms with Gasteiger partial charge in [-0.25, -0.2) is 4.39 Å². The summed E-state index contributed by atoms with van der Waals surface area (Å²) < 4.78 is 32.9. The highest BCUT2D eigenvalue weighted by atomic mass is 79.9. The molecule has 1 heterocycles. The zero-order valence-corrected chi connectivity index (χ0v) is 12.9. The Balaban J connectivity index is 2.57. The van der Waals surface area contributed by atoms with Crippen molar-refractivity contribution in [3.63, 3.8) is 0 Å². The molecule has 0 aliphatic heterocycles. The van der Waals surface area contributed by atoms with Gasteiger partial charge in [0, 0.05) is 16.2 Å². The number of nitrogens with zero attached hydrogens (tertiary/aromatic N) is 1. The van der Waals surface area contributed by atoms with E-state index in [2.05, 4.69) is 20.9 Å². The number of amidine groups is 1. The Kier molecular flexibility index (Phi) is 4.22. The fraction of sp³-hybridized carbons (Fsp3) is 0.143. The van der Waals surface area contributed by atoms with Crippen LogP contribution in [0.15, 0.2) is 22.7 Å². The van der Waals surface area contributed by atoms with Crippen LogP contribution in [0.2, 0.25) is 0 Å². The Bertz CT molecular complexity index is 735. The number of aryl methyl sites for hydroxylation is 2. The first-order valence-corrected chi connectivity index (χ1v) is 6.74. The fourth-order valence-corrected chi connectivity index (χ4v) is 2.34. The summed E-state index contributed by atoms with van der Waals surface area (Å²) in [5, 5.41) is 7.57. The summed E-state index contributed by atoms with van der Waals surface area (Å²) in [5.74, 6) is -2.55. The summed E-state index contributed by atoms with van der Waals surface area (Å²) >= 11 is 3.07.